The number of aryl methyl sites for hydroxylation is 1. The molecule has 1 aliphatic rings. The van der Waals surface area contributed by atoms with Gasteiger partial charge < -0.3 is 10.2 Å². The number of nitrogens with one attached hydrogen (secondary N) is 1. The molecule has 0 saturated carbocycles. The van der Waals surface area contributed by atoms with Crippen molar-refractivity contribution in [1.82, 2.24) is 10.3 Å². The lowest BCUT2D eigenvalue weighted by molar-refractivity contribution is 0.440. The van der Waals surface area contributed by atoms with Crippen LogP contribution in [0.3, 0.4) is 0 Å². The zero-order chi connectivity index (χ0) is 14.7. The number of anilines is 1. The second kappa shape index (κ2) is 6.44. The van der Waals surface area contributed by atoms with Crippen LogP contribution in [-0.4, -0.2) is 30.7 Å². The van der Waals surface area contributed by atoms with Gasteiger partial charge in [0.05, 0.1) is 5.52 Å². The van der Waals surface area contributed by atoms with E-state index in [9.17, 15) is 0 Å². The second-order valence-electron chi connectivity index (χ2n) is 5.95. The van der Waals surface area contributed by atoms with Crippen molar-refractivity contribution in [3.63, 3.8) is 0 Å². The summed E-state index contributed by atoms with van der Waals surface area (Å²) in [7, 11) is 0. The standard InChI is InChI=1S/C18H25N3/c1-3-19-13-15-8-6-7-11-21(15)18-12-14(2)20-17-10-5-4-9-16(17)18/h4-5,9-10,12,15,19H,3,6-8,11,13H2,1-2H3. The van der Waals surface area contributed by atoms with Crippen molar-refractivity contribution in [3.8, 4) is 0 Å². The SMILES string of the molecule is CCNCC1CCCCN1c1cc(C)nc2ccccc12. The summed E-state index contributed by atoms with van der Waals surface area (Å²) >= 11 is 0. The summed E-state index contributed by atoms with van der Waals surface area (Å²) < 4.78 is 0. The molecule has 1 fully saturated rings. The highest BCUT2D eigenvalue weighted by Crippen LogP contribution is 2.31. The first kappa shape index (κ1) is 14.3. The van der Waals surface area contributed by atoms with Crippen LogP contribution in [0.4, 0.5) is 5.69 Å². The van der Waals surface area contributed by atoms with Crippen LogP contribution < -0.4 is 10.2 Å². The lowest BCUT2D eigenvalue weighted by atomic mass is 9.99. The average molecular weight is 283 g/mol. The van der Waals surface area contributed by atoms with E-state index < -0.39 is 0 Å². The van der Waals surface area contributed by atoms with Gasteiger partial charge in [0.15, 0.2) is 0 Å². The van der Waals surface area contributed by atoms with Crippen LogP contribution in [0.5, 0.6) is 0 Å². The van der Waals surface area contributed by atoms with Gasteiger partial charge in [0, 0.05) is 35.9 Å². The van der Waals surface area contributed by atoms with Gasteiger partial charge in [-0.25, -0.2) is 0 Å². The Morgan fingerprint density at radius 2 is 2.14 bits per heavy atom. The molecule has 112 valence electrons. The number of hydrogen-bond acceptors (Lipinski definition) is 3. The molecule has 0 bridgehead atoms. The maximum Gasteiger partial charge on any atom is 0.0726 e. The second-order valence-corrected chi connectivity index (χ2v) is 5.95. The summed E-state index contributed by atoms with van der Waals surface area (Å²) in [6, 6.07) is 11.4. The molecule has 2 aromatic rings. The lowest BCUT2D eigenvalue weighted by Crippen LogP contribution is -2.45. The van der Waals surface area contributed by atoms with Crippen molar-refractivity contribution in [2.45, 2.75) is 39.2 Å². The van der Waals surface area contributed by atoms with E-state index in [-0.39, 0.29) is 0 Å². The molecule has 1 aliphatic heterocycles. The number of likely N-dealkylation sites (N-methyl/N-ethyl adjacent to an activating group) is 1. The fraction of sp³-hybridized carbons (Fsp3) is 0.500. The van der Waals surface area contributed by atoms with Crippen molar-refractivity contribution in [2.24, 2.45) is 0 Å². The number of benzene rings is 1. The molecule has 1 aromatic heterocycles. The summed E-state index contributed by atoms with van der Waals surface area (Å²) in [5.41, 5.74) is 3.58. The first-order valence-corrected chi connectivity index (χ1v) is 8.13. The third kappa shape index (κ3) is 3.03. The molecule has 3 nitrogen and oxygen atoms in total. The van der Waals surface area contributed by atoms with Crippen LogP contribution in [0.25, 0.3) is 10.9 Å². The highest BCUT2D eigenvalue weighted by molar-refractivity contribution is 5.92. The average Bonchev–Trinajstić information content (AvgIpc) is 2.52. The summed E-state index contributed by atoms with van der Waals surface area (Å²) in [4.78, 5) is 7.28. The summed E-state index contributed by atoms with van der Waals surface area (Å²) in [6.07, 6.45) is 3.91. The monoisotopic (exact) mass is 283 g/mol. The number of para-hydroxylation sites is 1. The van der Waals surface area contributed by atoms with Crippen molar-refractivity contribution in [3.05, 3.63) is 36.0 Å². The molecule has 1 saturated heterocycles. The van der Waals surface area contributed by atoms with E-state index in [0.29, 0.717) is 6.04 Å². The molecule has 3 heteroatoms. The highest BCUT2D eigenvalue weighted by atomic mass is 15.2. The minimum atomic E-state index is 0.601. The Morgan fingerprint density at radius 3 is 3.00 bits per heavy atom. The normalized spacial score (nSPS) is 19.1. The number of rotatable bonds is 4. The van der Waals surface area contributed by atoms with E-state index in [0.717, 1.165) is 30.8 Å². The molecule has 21 heavy (non-hydrogen) atoms. The Balaban J connectivity index is 2.00. The van der Waals surface area contributed by atoms with Crippen LogP contribution in [0.15, 0.2) is 30.3 Å². The van der Waals surface area contributed by atoms with Crippen molar-refractivity contribution >= 4 is 16.6 Å². The number of piperidine rings is 1. The number of hydrogen-bond donors (Lipinski definition) is 1. The maximum absolute atomic E-state index is 4.68. The molecular weight excluding hydrogens is 258 g/mol. The number of pyridine rings is 1. The number of aromatic nitrogens is 1. The van der Waals surface area contributed by atoms with E-state index in [2.05, 4.69) is 59.4 Å². The van der Waals surface area contributed by atoms with E-state index >= 15 is 0 Å². The van der Waals surface area contributed by atoms with Gasteiger partial charge in [-0.3, -0.25) is 4.98 Å². The van der Waals surface area contributed by atoms with Crippen molar-refractivity contribution in [1.29, 1.82) is 0 Å². The van der Waals surface area contributed by atoms with Crippen LogP contribution in [0.2, 0.25) is 0 Å². The van der Waals surface area contributed by atoms with Gasteiger partial charge in [0.1, 0.15) is 0 Å². The van der Waals surface area contributed by atoms with Gasteiger partial charge in [0.25, 0.3) is 0 Å². The van der Waals surface area contributed by atoms with Crippen molar-refractivity contribution < 1.29 is 0 Å². The maximum atomic E-state index is 4.68. The van der Waals surface area contributed by atoms with E-state index in [1.54, 1.807) is 0 Å². The Bertz CT molecular complexity index is 608. The smallest absolute Gasteiger partial charge is 0.0726 e. The molecule has 3 rings (SSSR count). The fourth-order valence-corrected chi connectivity index (χ4v) is 3.36. The van der Waals surface area contributed by atoms with E-state index in [1.165, 1.54) is 30.3 Å². The largest absolute Gasteiger partial charge is 0.367 e. The van der Waals surface area contributed by atoms with Crippen LogP contribution in [0.1, 0.15) is 31.9 Å². The first-order chi connectivity index (χ1) is 10.3. The van der Waals surface area contributed by atoms with Crippen molar-refractivity contribution in [2.75, 3.05) is 24.5 Å². The molecule has 1 aromatic carbocycles. The Labute approximate surface area is 127 Å². The molecule has 1 unspecified atom stereocenters. The van der Waals surface area contributed by atoms with Gasteiger partial charge in [0.2, 0.25) is 0 Å². The fourth-order valence-electron chi connectivity index (χ4n) is 3.36. The van der Waals surface area contributed by atoms with E-state index in [4.69, 9.17) is 0 Å². The van der Waals surface area contributed by atoms with Gasteiger partial charge in [-0.15, -0.1) is 0 Å². The van der Waals surface area contributed by atoms with Crippen LogP contribution >= 0.6 is 0 Å². The molecule has 1 atom stereocenters. The van der Waals surface area contributed by atoms with Crippen LogP contribution in [-0.2, 0) is 0 Å². The lowest BCUT2D eigenvalue weighted by Gasteiger charge is -2.38. The number of fused-ring (bicyclic) bond motifs is 1. The summed E-state index contributed by atoms with van der Waals surface area (Å²) in [5, 5.41) is 4.81. The zero-order valence-corrected chi connectivity index (χ0v) is 13.1. The Hall–Kier alpha value is -1.61. The minimum Gasteiger partial charge on any atom is -0.367 e. The predicted octanol–water partition coefficient (Wildman–Crippen LogP) is 3.51. The molecule has 0 amide bonds. The van der Waals surface area contributed by atoms with Gasteiger partial charge in [-0.2, -0.15) is 0 Å². The molecule has 1 N–H and O–H groups in total. The molecule has 0 radical (unpaired) electrons. The van der Waals surface area contributed by atoms with Gasteiger partial charge in [-0.1, -0.05) is 25.1 Å². The predicted molar refractivity (Wildman–Crippen MR) is 90.0 cm³/mol. The summed E-state index contributed by atoms with van der Waals surface area (Å²) in [5.74, 6) is 0. The third-order valence-corrected chi connectivity index (χ3v) is 4.39. The highest BCUT2D eigenvalue weighted by Gasteiger charge is 2.23. The van der Waals surface area contributed by atoms with Gasteiger partial charge in [-0.05, 0) is 44.9 Å². The third-order valence-electron chi connectivity index (χ3n) is 4.39. The quantitative estimate of drug-likeness (QED) is 0.930. The molecular formula is C18H25N3. The molecule has 0 spiro atoms. The molecule has 2 heterocycles. The first-order valence-electron chi connectivity index (χ1n) is 8.13. The van der Waals surface area contributed by atoms with Gasteiger partial charge >= 0.3 is 0 Å². The Morgan fingerprint density at radius 1 is 1.29 bits per heavy atom. The number of nitrogens with zero attached hydrogens (tertiary/aromatic N) is 2. The summed E-state index contributed by atoms with van der Waals surface area (Å²) in [6.45, 7) is 7.55. The van der Waals surface area contributed by atoms with Crippen LogP contribution in [0, 0.1) is 6.92 Å². The molecule has 0 aliphatic carbocycles. The topological polar surface area (TPSA) is 28.2 Å². The minimum absolute atomic E-state index is 0.601. The van der Waals surface area contributed by atoms with E-state index in [1.807, 2.05) is 0 Å². The Kier molecular flexibility index (Phi) is 4.39. The zero-order valence-electron chi connectivity index (χ0n) is 13.1.